The second kappa shape index (κ2) is 7.39. The summed E-state index contributed by atoms with van der Waals surface area (Å²) in [6.07, 6.45) is 0.977. The first-order valence-corrected chi connectivity index (χ1v) is 7.46. The summed E-state index contributed by atoms with van der Waals surface area (Å²) >= 11 is 0. The first kappa shape index (κ1) is 15.7. The summed E-state index contributed by atoms with van der Waals surface area (Å²) in [5.41, 5.74) is 0.687. The van der Waals surface area contributed by atoms with Crippen molar-refractivity contribution in [3.05, 3.63) is 29.6 Å². The minimum absolute atomic E-state index is 0.101. The van der Waals surface area contributed by atoms with Crippen LogP contribution in [0.4, 0.5) is 10.1 Å². The number of likely N-dealkylation sites (N-methyl/N-ethyl adjacent to an activating group) is 1. The summed E-state index contributed by atoms with van der Waals surface area (Å²) in [6.45, 7) is 7.54. The number of nitrogens with zero attached hydrogens (tertiary/aromatic N) is 3. The molecule has 1 heterocycles. The zero-order chi connectivity index (χ0) is 15.2. The van der Waals surface area contributed by atoms with Gasteiger partial charge in [0.15, 0.2) is 0 Å². The molecule has 0 spiro atoms. The number of nitriles is 1. The highest BCUT2D eigenvalue weighted by Crippen LogP contribution is 2.19. The van der Waals surface area contributed by atoms with E-state index in [1.807, 2.05) is 6.07 Å². The number of halogens is 1. The third kappa shape index (κ3) is 4.42. The standard InChI is InChI=1S/C16H23FN4/c1-13(6-7-21-10-8-20(2)9-11-21)19-16-5-3-4-15(17)14(16)12-18/h3-5,13,19H,6-11H2,1-2H3/t13-/m0/s1. The van der Waals surface area contributed by atoms with Gasteiger partial charge in [0, 0.05) is 38.8 Å². The molecule has 4 nitrogen and oxygen atoms in total. The molecule has 1 N–H and O–H groups in total. The van der Waals surface area contributed by atoms with Gasteiger partial charge in [0.1, 0.15) is 17.4 Å². The second-order valence-corrected chi connectivity index (χ2v) is 5.75. The Morgan fingerprint density at radius 2 is 2.05 bits per heavy atom. The maximum Gasteiger partial charge on any atom is 0.143 e. The Labute approximate surface area is 126 Å². The zero-order valence-corrected chi connectivity index (χ0v) is 12.8. The van der Waals surface area contributed by atoms with Gasteiger partial charge in [-0.2, -0.15) is 5.26 Å². The first-order chi connectivity index (χ1) is 10.1. The van der Waals surface area contributed by atoms with E-state index in [-0.39, 0.29) is 11.6 Å². The Morgan fingerprint density at radius 1 is 1.33 bits per heavy atom. The summed E-state index contributed by atoms with van der Waals surface area (Å²) in [7, 11) is 2.15. The first-order valence-electron chi connectivity index (χ1n) is 7.46. The summed E-state index contributed by atoms with van der Waals surface area (Å²) in [5, 5.41) is 12.3. The number of rotatable bonds is 5. The Morgan fingerprint density at radius 3 is 2.71 bits per heavy atom. The van der Waals surface area contributed by atoms with Gasteiger partial charge in [0.05, 0.1) is 5.69 Å². The van der Waals surface area contributed by atoms with Crippen LogP contribution in [0.15, 0.2) is 18.2 Å². The third-order valence-electron chi connectivity index (χ3n) is 4.00. The average Bonchev–Trinajstić information content (AvgIpc) is 2.47. The normalized spacial score (nSPS) is 18.2. The van der Waals surface area contributed by atoms with Gasteiger partial charge in [-0.15, -0.1) is 0 Å². The molecular formula is C16H23FN4. The number of hydrogen-bond acceptors (Lipinski definition) is 4. The van der Waals surface area contributed by atoms with Gasteiger partial charge in [-0.1, -0.05) is 6.07 Å². The van der Waals surface area contributed by atoms with Crippen molar-refractivity contribution in [2.75, 3.05) is 45.1 Å². The van der Waals surface area contributed by atoms with Crippen LogP contribution < -0.4 is 5.32 Å². The largest absolute Gasteiger partial charge is 0.381 e. The van der Waals surface area contributed by atoms with E-state index in [1.165, 1.54) is 6.07 Å². The smallest absolute Gasteiger partial charge is 0.143 e. The van der Waals surface area contributed by atoms with E-state index < -0.39 is 5.82 Å². The zero-order valence-electron chi connectivity index (χ0n) is 12.8. The molecule has 1 aromatic rings. The van der Waals surface area contributed by atoms with Gasteiger partial charge >= 0.3 is 0 Å². The molecule has 0 aliphatic carbocycles. The molecule has 0 aromatic heterocycles. The number of anilines is 1. The maximum atomic E-state index is 13.5. The van der Waals surface area contributed by atoms with Gasteiger partial charge < -0.3 is 15.1 Å². The lowest BCUT2D eigenvalue weighted by molar-refractivity contribution is 0.151. The SMILES string of the molecule is C[C@@H](CCN1CCN(C)CC1)Nc1cccc(F)c1C#N. The lowest BCUT2D eigenvalue weighted by atomic mass is 10.1. The van der Waals surface area contributed by atoms with Crippen LogP contribution in [-0.2, 0) is 0 Å². The molecule has 1 saturated heterocycles. The Balaban J connectivity index is 1.84. The quantitative estimate of drug-likeness (QED) is 0.902. The summed E-state index contributed by atoms with van der Waals surface area (Å²) in [4.78, 5) is 4.79. The molecule has 1 aliphatic heterocycles. The monoisotopic (exact) mass is 290 g/mol. The van der Waals surface area contributed by atoms with Gasteiger partial charge in [0.25, 0.3) is 0 Å². The molecule has 0 unspecified atom stereocenters. The average molecular weight is 290 g/mol. The highest BCUT2D eigenvalue weighted by molar-refractivity contribution is 5.58. The molecule has 1 atom stereocenters. The lowest BCUT2D eigenvalue weighted by Crippen LogP contribution is -2.45. The van der Waals surface area contributed by atoms with Gasteiger partial charge in [-0.25, -0.2) is 4.39 Å². The Kier molecular flexibility index (Phi) is 5.54. The molecule has 0 radical (unpaired) electrons. The fraction of sp³-hybridized carbons (Fsp3) is 0.562. The highest BCUT2D eigenvalue weighted by atomic mass is 19.1. The summed E-state index contributed by atoms with van der Waals surface area (Å²) in [5.74, 6) is -0.464. The molecular weight excluding hydrogens is 267 g/mol. The van der Waals surface area contributed by atoms with Crippen molar-refractivity contribution < 1.29 is 4.39 Å². The Hall–Kier alpha value is -1.64. The van der Waals surface area contributed by atoms with Gasteiger partial charge in [0.2, 0.25) is 0 Å². The van der Waals surface area contributed by atoms with Crippen LogP contribution in [-0.4, -0.2) is 55.6 Å². The van der Waals surface area contributed by atoms with Crippen molar-refractivity contribution in [1.29, 1.82) is 5.26 Å². The van der Waals surface area contributed by atoms with Crippen molar-refractivity contribution in [3.8, 4) is 6.07 Å². The molecule has 21 heavy (non-hydrogen) atoms. The molecule has 1 fully saturated rings. The van der Waals surface area contributed by atoms with Crippen molar-refractivity contribution in [2.24, 2.45) is 0 Å². The second-order valence-electron chi connectivity index (χ2n) is 5.75. The minimum atomic E-state index is -0.464. The maximum absolute atomic E-state index is 13.5. The van der Waals surface area contributed by atoms with Crippen LogP contribution in [0, 0.1) is 17.1 Å². The summed E-state index contributed by atoms with van der Waals surface area (Å²) in [6, 6.07) is 6.84. The Bertz CT molecular complexity index is 503. The molecule has 0 bridgehead atoms. The molecule has 0 saturated carbocycles. The van der Waals surface area contributed by atoms with E-state index in [9.17, 15) is 4.39 Å². The van der Waals surface area contributed by atoms with E-state index in [1.54, 1.807) is 12.1 Å². The van der Waals surface area contributed by atoms with Crippen LogP contribution in [0.5, 0.6) is 0 Å². The fourth-order valence-electron chi connectivity index (χ4n) is 2.54. The van der Waals surface area contributed by atoms with Crippen molar-refractivity contribution >= 4 is 5.69 Å². The van der Waals surface area contributed by atoms with Crippen LogP contribution in [0.3, 0.4) is 0 Å². The third-order valence-corrected chi connectivity index (χ3v) is 4.00. The molecule has 1 aromatic carbocycles. The fourth-order valence-corrected chi connectivity index (χ4v) is 2.54. The van der Waals surface area contributed by atoms with Crippen LogP contribution in [0.1, 0.15) is 18.9 Å². The molecule has 1 aliphatic rings. The highest BCUT2D eigenvalue weighted by Gasteiger charge is 2.15. The summed E-state index contributed by atoms with van der Waals surface area (Å²) < 4.78 is 13.5. The molecule has 114 valence electrons. The van der Waals surface area contributed by atoms with E-state index in [0.29, 0.717) is 5.69 Å². The molecule has 5 heteroatoms. The van der Waals surface area contributed by atoms with Crippen LogP contribution >= 0.6 is 0 Å². The number of piperazine rings is 1. The van der Waals surface area contributed by atoms with E-state index >= 15 is 0 Å². The van der Waals surface area contributed by atoms with Crippen molar-refractivity contribution in [2.45, 2.75) is 19.4 Å². The van der Waals surface area contributed by atoms with Gasteiger partial charge in [-0.05, 0) is 32.5 Å². The van der Waals surface area contributed by atoms with Crippen LogP contribution in [0.25, 0.3) is 0 Å². The minimum Gasteiger partial charge on any atom is -0.381 e. The number of benzene rings is 1. The topological polar surface area (TPSA) is 42.3 Å². The molecule has 2 rings (SSSR count). The van der Waals surface area contributed by atoms with E-state index in [0.717, 1.165) is 39.1 Å². The lowest BCUT2D eigenvalue weighted by Gasteiger charge is -2.33. The van der Waals surface area contributed by atoms with Gasteiger partial charge in [-0.3, -0.25) is 0 Å². The predicted molar refractivity (Wildman–Crippen MR) is 82.8 cm³/mol. The molecule has 0 amide bonds. The van der Waals surface area contributed by atoms with E-state index in [4.69, 9.17) is 5.26 Å². The van der Waals surface area contributed by atoms with Crippen molar-refractivity contribution in [1.82, 2.24) is 9.80 Å². The van der Waals surface area contributed by atoms with E-state index in [2.05, 4.69) is 29.1 Å². The van der Waals surface area contributed by atoms with Crippen LogP contribution in [0.2, 0.25) is 0 Å². The number of hydrogen-bond donors (Lipinski definition) is 1. The number of nitrogens with one attached hydrogen (secondary N) is 1. The predicted octanol–water partition coefficient (Wildman–Crippen LogP) is 2.14. The van der Waals surface area contributed by atoms with Crippen molar-refractivity contribution in [3.63, 3.8) is 0 Å².